The van der Waals surface area contributed by atoms with Crippen LogP contribution in [-0.2, 0) is 10.5 Å². The van der Waals surface area contributed by atoms with Crippen molar-refractivity contribution < 1.29 is 4.74 Å². The molecule has 3 aromatic heterocycles. The molecule has 3 aromatic rings. The molecule has 0 aromatic carbocycles. The number of fused-ring (bicyclic) bond motifs is 3. The zero-order valence-electron chi connectivity index (χ0n) is 12.0. The fraction of sp³-hybridized carbons (Fsp3) is 0.467. The summed E-state index contributed by atoms with van der Waals surface area (Å²) in [5, 5.41) is 0. The van der Waals surface area contributed by atoms with Crippen molar-refractivity contribution in [1.82, 2.24) is 19.4 Å². The van der Waals surface area contributed by atoms with Crippen molar-refractivity contribution in [2.75, 3.05) is 19.5 Å². The minimum absolute atomic E-state index is 0.548. The maximum Gasteiger partial charge on any atom is 0.156 e. The summed E-state index contributed by atoms with van der Waals surface area (Å²) in [5.41, 5.74) is 5.51. The first kappa shape index (κ1) is 13.2. The quantitative estimate of drug-likeness (QED) is 0.808. The van der Waals surface area contributed by atoms with Crippen LogP contribution in [0.25, 0.3) is 16.8 Å². The Morgan fingerprint density at radius 3 is 3.10 bits per heavy atom. The monoisotopic (exact) mass is 302 g/mol. The van der Waals surface area contributed by atoms with Crippen LogP contribution >= 0.6 is 11.8 Å². The summed E-state index contributed by atoms with van der Waals surface area (Å²) in [6.45, 7) is 1.70. The Kier molecular flexibility index (Phi) is 3.35. The third-order valence-corrected chi connectivity index (χ3v) is 4.73. The molecule has 110 valence electrons. The molecular weight excluding hydrogens is 284 g/mol. The molecule has 1 saturated heterocycles. The molecule has 4 rings (SSSR count). The van der Waals surface area contributed by atoms with Crippen molar-refractivity contribution in [3.63, 3.8) is 0 Å². The normalized spacial score (nSPS) is 17.0. The first-order valence-electron chi connectivity index (χ1n) is 7.27. The highest BCUT2D eigenvalue weighted by molar-refractivity contribution is 7.97. The van der Waals surface area contributed by atoms with Gasteiger partial charge in [0.05, 0.1) is 17.4 Å². The van der Waals surface area contributed by atoms with Gasteiger partial charge in [-0.25, -0.2) is 9.97 Å². The standard InChI is InChI=1S/C15H18N4OS/c1-21-9-11-8-19-13(18-11)7-17-15-14(19)12(6-16-15)10-2-4-20-5-3-10/h6-8,10,16H,2-5,9H2,1H3. The molecule has 1 aliphatic rings. The summed E-state index contributed by atoms with van der Waals surface area (Å²) in [6, 6.07) is 0. The van der Waals surface area contributed by atoms with Crippen molar-refractivity contribution in [2.45, 2.75) is 24.5 Å². The van der Waals surface area contributed by atoms with Gasteiger partial charge in [-0.05, 0) is 30.6 Å². The maximum atomic E-state index is 5.49. The van der Waals surface area contributed by atoms with Crippen molar-refractivity contribution >= 4 is 28.6 Å². The van der Waals surface area contributed by atoms with Crippen molar-refractivity contribution in [3.05, 3.63) is 29.8 Å². The maximum absolute atomic E-state index is 5.49. The molecule has 0 unspecified atom stereocenters. The molecule has 6 heteroatoms. The van der Waals surface area contributed by atoms with Gasteiger partial charge < -0.3 is 9.72 Å². The molecule has 0 aliphatic carbocycles. The lowest BCUT2D eigenvalue weighted by atomic mass is 9.93. The summed E-state index contributed by atoms with van der Waals surface area (Å²) in [5.74, 6) is 1.48. The van der Waals surface area contributed by atoms with Gasteiger partial charge in [-0.3, -0.25) is 4.40 Å². The Hall–Kier alpha value is -1.53. The molecule has 0 saturated carbocycles. The van der Waals surface area contributed by atoms with Crippen LogP contribution in [0.2, 0.25) is 0 Å². The zero-order valence-corrected chi connectivity index (χ0v) is 12.8. The third-order valence-electron chi connectivity index (χ3n) is 4.15. The SMILES string of the molecule is CSCc1cn2c(cnc3[nH]cc(C4CCOCC4)c32)n1. The van der Waals surface area contributed by atoms with Crippen LogP contribution in [-0.4, -0.2) is 38.8 Å². The van der Waals surface area contributed by atoms with E-state index in [1.54, 1.807) is 11.8 Å². The number of thioether (sulfide) groups is 1. The van der Waals surface area contributed by atoms with E-state index in [4.69, 9.17) is 4.74 Å². The molecule has 0 atom stereocenters. The van der Waals surface area contributed by atoms with Crippen molar-refractivity contribution in [1.29, 1.82) is 0 Å². The van der Waals surface area contributed by atoms with E-state index in [1.165, 1.54) is 11.1 Å². The Morgan fingerprint density at radius 1 is 1.43 bits per heavy atom. The van der Waals surface area contributed by atoms with Crippen molar-refractivity contribution in [2.24, 2.45) is 0 Å². The first-order chi connectivity index (χ1) is 10.4. The van der Waals surface area contributed by atoms with Crippen LogP contribution in [0, 0.1) is 0 Å². The highest BCUT2D eigenvalue weighted by Crippen LogP contribution is 2.32. The number of hydrogen-bond acceptors (Lipinski definition) is 4. The summed E-state index contributed by atoms with van der Waals surface area (Å²) in [6.07, 6.45) is 10.4. The predicted molar refractivity (Wildman–Crippen MR) is 84.9 cm³/mol. The summed E-state index contributed by atoms with van der Waals surface area (Å²) < 4.78 is 7.68. The van der Waals surface area contributed by atoms with Crippen LogP contribution in [0.3, 0.4) is 0 Å². The molecule has 1 N–H and O–H groups in total. The summed E-state index contributed by atoms with van der Waals surface area (Å²) in [4.78, 5) is 12.5. The van der Waals surface area contributed by atoms with Crippen LogP contribution in [0.4, 0.5) is 0 Å². The smallest absolute Gasteiger partial charge is 0.156 e. The van der Waals surface area contributed by atoms with Gasteiger partial charge in [0.1, 0.15) is 0 Å². The van der Waals surface area contributed by atoms with E-state index in [-0.39, 0.29) is 0 Å². The van der Waals surface area contributed by atoms with Gasteiger partial charge in [-0.15, -0.1) is 0 Å². The highest BCUT2D eigenvalue weighted by Gasteiger charge is 2.21. The van der Waals surface area contributed by atoms with E-state index >= 15 is 0 Å². The highest BCUT2D eigenvalue weighted by atomic mass is 32.2. The van der Waals surface area contributed by atoms with Crippen LogP contribution < -0.4 is 0 Å². The predicted octanol–water partition coefficient (Wildman–Crippen LogP) is 2.97. The largest absolute Gasteiger partial charge is 0.381 e. The van der Waals surface area contributed by atoms with Gasteiger partial charge in [0.25, 0.3) is 0 Å². The lowest BCUT2D eigenvalue weighted by molar-refractivity contribution is 0.0856. The number of ether oxygens (including phenoxy) is 1. The van der Waals surface area contributed by atoms with E-state index in [1.807, 2.05) is 6.20 Å². The second-order valence-electron chi connectivity index (χ2n) is 5.48. The molecule has 0 spiro atoms. The molecule has 1 aliphatic heterocycles. The van der Waals surface area contributed by atoms with Crippen LogP contribution in [0.15, 0.2) is 18.6 Å². The second-order valence-corrected chi connectivity index (χ2v) is 6.35. The van der Waals surface area contributed by atoms with Gasteiger partial charge in [-0.1, -0.05) is 0 Å². The van der Waals surface area contributed by atoms with Gasteiger partial charge in [0.15, 0.2) is 11.3 Å². The first-order valence-corrected chi connectivity index (χ1v) is 8.67. The fourth-order valence-corrected chi connectivity index (χ4v) is 3.58. The molecule has 0 amide bonds. The zero-order chi connectivity index (χ0) is 14.2. The van der Waals surface area contributed by atoms with E-state index in [9.17, 15) is 0 Å². The minimum atomic E-state index is 0.548. The Bertz CT molecular complexity index is 773. The minimum Gasteiger partial charge on any atom is -0.381 e. The molecule has 1 fully saturated rings. The van der Waals surface area contributed by atoms with Crippen molar-refractivity contribution in [3.8, 4) is 0 Å². The average Bonchev–Trinajstić information content (AvgIpc) is 3.11. The molecule has 4 heterocycles. The van der Waals surface area contributed by atoms with Gasteiger partial charge in [-0.2, -0.15) is 11.8 Å². The fourth-order valence-electron chi connectivity index (χ4n) is 3.15. The third kappa shape index (κ3) is 2.22. The van der Waals surface area contributed by atoms with Gasteiger partial charge in [0, 0.05) is 31.4 Å². The number of nitrogens with one attached hydrogen (secondary N) is 1. The Labute approximate surface area is 127 Å². The van der Waals surface area contributed by atoms with E-state index < -0.39 is 0 Å². The second kappa shape index (κ2) is 5.35. The number of H-pyrrole nitrogens is 1. The number of imidazole rings is 1. The lowest BCUT2D eigenvalue weighted by Gasteiger charge is -2.21. The number of rotatable bonds is 3. The number of nitrogens with zero attached hydrogens (tertiary/aromatic N) is 3. The van der Waals surface area contributed by atoms with E-state index in [0.29, 0.717) is 5.92 Å². The number of aromatic amines is 1. The van der Waals surface area contributed by atoms with E-state index in [2.05, 4.69) is 38.0 Å². The average molecular weight is 302 g/mol. The van der Waals surface area contributed by atoms with Crippen LogP contribution in [0.5, 0.6) is 0 Å². The molecule has 21 heavy (non-hydrogen) atoms. The lowest BCUT2D eigenvalue weighted by Crippen LogP contribution is -2.14. The van der Waals surface area contributed by atoms with Crippen LogP contribution in [0.1, 0.15) is 30.0 Å². The molecular formula is C15H18N4OS. The molecule has 0 bridgehead atoms. The molecule has 0 radical (unpaired) electrons. The Balaban J connectivity index is 1.88. The number of aromatic nitrogens is 4. The summed E-state index contributed by atoms with van der Waals surface area (Å²) in [7, 11) is 0. The van der Waals surface area contributed by atoms with Gasteiger partial charge >= 0.3 is 0 Å². The van der Waals surface area contributed by atoms with E-state index in [0.717, 1.165) is 48.8 Å². The number of hydrogen-bond donors (Lipinski definition) is 1. The molecule has 5 nitrogen and oxygen atoms in total. The summed E-state index contributed by atoms with van der Waals surface area (Å²) >= 11 is 1.79. The topological polar surface area (TPSA) is 55.2 Å². The Morgan fingerprint density at radius 2 is 2.29 bits per heavy atom. The van der Waals surface area contributed by atoms with Gasteiger partial charge in [0.2, 0.25) is 0 Å².